The fourth-order valence-corrected chi connectivity index (χ4v) is 4.21. The van der Waals surface area contributed by atoms with E-state index >= 15 is 0 Å². The first-order valence-corrected chi connectivity index (χ1v) is 9.12. The molecule has 2 rings (SSSR count). The summed E-state index contributed by atoms with van der Waals surface area (Å²) in [6.45, 7) is 5.62. The summed E-state index contributed by atoms with van der Waals surface area (Å²) in [5, 5.41) is 11.0. The maximum Gasteiger partial charge on any atom is 0.270 e. The third kappa shape index (κ3) is 3.41. The molecule has 0 radical (unpaired) electrons. The van der Waals surface area contributed by atoms with Crippen LogP contribution in [-0.4, -0.2) is 19.9 Å². The quantitative estimate of drug-likeness (QED) is 0.589. The second kappa shape index (κ2) is 7.00. The van der Waals surface area contributed by atoms with Gasteiger partial charge in [-0.3, -0.25) is 14.4 Å². The Morgan fingerprint density at radius 1 is 1.08 bits per heavy atom. The first kappa shape index (κ1) is 17.9. The molecule has 2 aromatic carbocycles. The molecule has 128 valence electrons. The van der Waals surface area contributed by atoms with Crippen molar-refractivity contribution in [2.24, 2.45) is 0 Å². The van der Waals surface area contributed by atoms with E-state index in [4.69, 9.17) is 0 Å². The zero-order valence-electron chi connectivity index (χ0n) is 13.9. The fraction of sp³-hybridized carbons (Fsp3) is 0.294. The molecule has 0 saturated heterocycles. The summed E-state index contributed by atoms with van der Waals surface area (Å²) in [7, 11) is -3.88. The summed E-state index contributed by atoms with van der Waals surface area (Å²) < 4.78 is 27.3. The van der Waals surface area contributed by atoms with Gasteiger partial charge >= 0.3 is 0 Å². The van der Waals surface area contributed by atoms with Crippen molar-refractivity contribution in [1.82, 2.24) is 0 Å². The van der Waals surface area contributed by atoms with Crippen molar-refractivity contribution >= 4 is 21.4 Å². The Morgan fingerprint density at radius 2 is 1.71 bits per heavy atom. The lowest BCUT2D eigenvalue weighted by Gasteiger charge is -2.24. The van der Waals surface area contributed by atoms with Crippen LogP contribution in [0.1, 0.15) is 25.0 Å². The van der Waals surface area contributed by atoms with Crippen LogP contribution in [0.25, 0.3) is 0 Å². The number of anilines is 1. The van der Waals surface area contributed by atoms with E-state index < -0.39 is 14.9 Å². The summed E-state index contributed by atoms with van der Waals surface area (Å²) in [5.74, 6) is 0. The van der Waals surface area contributed by atoms with Gasteiger partial charge in [-0.1, -0.05) is 25.1 Å². The minimum atomic E-state index is -3.88. The largest absolute Gasteiger partial charge is 0.270 e. The lowest BCUT2D eigenvalue weighted by molar-refractivity contribution is -0.385. The van der Waals surface area contributed by atoms with Crippen molar-refractivity contribution in [1.29, 1.82) is 0 Å². The molecule has 0 aliphatic rings. The highest BCUT2D eigenvalue weighted by molar-refractivity contribution is 7.92. The van der Waals surface area contributed by atoms with E-state index in [-0.39, 0.29) is 17.1 Å². The summed E-state index contributed by atoms with van der Waals surface area (Å²) in [6.07, 6.45) is 0.864. The van der Waals surface area contributed by atoms with Gasteiger partial charge in [0.2, 0.25) is 0 Å². The normalized spacial score (nSPS) is 11.3. The highest BCUT2D eigenvalue weighted by atomic mass is 32.2. The van der Waals surface area contributed by atoms with E-state index in [0.29, 0.717) is 11.3 Å². The van der Waals surface area contributed by atoms with Gasteiger partial charge in [0.1, 0.15) is 0 Å². The first-order chi connectivity index (χ1) is 11.3. The van der Waals surface area contributed by atoms with E-state index in [2.05, 4.69) is 0 Å². The molecule has 24 heavy (non-hydrogen) atoms. The molecule has 0 atom stereocenters. The molecule has 7 heteroatoms. The zero-order chi connectivity index (χ0) is 17.9. The van der Waals surface area contributed by atoms with Crippen LogP contribution in [0.3, 0.4) is 0 Å². The number of nitro benzene ring substituents is 1. The van der Waals surface area contributed by atoms with Crippen LogP contribution < -0.4 is 4.31 Å². The number of hydrogen-bond acceptors (Lipinski definition) is 4. The van der Waals surface area contributed by atoms with Gasteiger partial charge in [-0.25, -0.2) is 8.42 Å². The molecule has 6 nitrogen and oxygen atoms in total. The van der Waals surface area contributed by atoms with Crippen molar-refractivity contribution in [2.45, 2.75) is 32.1 Å². The Kier molecular flexibility index (Phi) is 5.23. The van der Waals surface area contributed by atoms with Crippen LogP contribution in [0, 0.1) is 17.0 Å². The number of nitrogens with zero attached hydrogens (tertiary/aromatic N) is 2. The second-order valence-electron chi connectivity index (χ2n) is 5.40. The minimum Gasteiger partial charge on any atom is -0.267 e. The number of hydrogen-bond donors (Lipinski definition) is 0. The highest BCUT2D eigenvalue weighted by Gasteiger charge is 2.27. The van der Waals surface area contributed by atoms with Gasteiger partial charge < -0.3 is 0 Å². The summed E-state index contributed by atoms with van der Waals surface area (Å²) in [6, 6.07) is 11.2. The molecule has 2 aromatic rings. The molecular formula is C17H20N2O4S. The van der Waals surface area contributed by atoms with Crippen LogP contribution in [0.5, 0.6) is 0 Å². The maximum atomic E-state index is 13.0. The van der Waals surface area contributed by atoms with E-state index in [0.717, 1.165) is 18.1 Å². The summed E-state index contributed by atoms with van der Waals surface area (Å²) in [5.41, 5.74) is 1.89. The van der Waals surface area contributed by atoms with Gasteiger partial charge in [-0.05, 0) is 43.5 Å². The van der Waals surface area contributed by atoms with Crippen LogP contribution in [0.15, 0.2) is 47.4 Å². The fourth-order valence-electron chi connectivity index (χ4n) is 2.49. The first-order valence-electron chi connectivity index (χ1n) is 7.68. The maximum absolute atomic E-state index is 13.0. The average Bonchev–Trinajstić information content (AvgIpc) is 2.56. The third-order valence-electron chi connectivity index (χ3n) is 3.87. The van der Waals surface area contributed by atoms with Crippen LogP contribution in [0.2, 0.25) is 0 Å². The van der Waals surface area contributed by atoms with Gasteiger partial charge in [0.25, 0.3) is 15.7 Å². The number of non-ortho nitro benzene ring substituents is 1. The van der Waals surface area contributed by atoms with Crippen LogP contribution in [-0.2, 0) is 16.4 Å². The topological polar surface area (TPSA) is 80.5 Å². The van der Waals surface area contributed by atoms with Crippen molar-refractivity contribution in [2.75, 3.05) is 10.8 Å². The van der Waals surface area contributed by atoms with Gasteiger partial charge in [0.05, 0.1) is 15.5 Å². The molecule has 0 heterocycles. The average molecular weight is 348 g/mol. The molecule has 0 fully saturated rings. The number of sulfonamides is 1. The van der Waals surface area contributed by atoms with Crippen molar-refractivity contribution in [3.05, 3.63) is 63.7 Å². The smallest absolute Gasteiger partial charge is 0.267 e. The number of aryl methyl sites for hydroxylation is 2. The lowest BCUT2D eigenvalue weighted by Crippen LogP contribution is -2.31. The standard InChI is InChI=1S/C17H20N2O4S/c1-4-14-7-10-15(11-8-14)18(5-2)24(22,23)17-12-16(19(20)21)9-6-13(17)3/h6-12H,4-5H2,1-3H3. The van der Waals surface area contributed by atoms with Crippen molar-refractivity contribution < 1.29 is 13.3 Å². The Hall–Kier alpha value is -2.41. The van der Waals surface area contributed by atoms with Gasteiger partial charge in [-0.15, -0.1) is 0 Å². The number of rotatable bonds is 6. The van der Waals surface area contributed by atoms with Gasteiger partial charge in [-0.2, -0.15) is 0 Å². The molecule has 0 spiro atoms. The Morgan fingerprint density at radius 3 is 2.21 bits per heavy atom. The Labute approximate surface area is 141 Å². The minimum absolute atomic E-state index is 0.0434. The van der Waals surface area contributed by atoms with Gasteiger partial charge in [0, 0.05) is 18.7 Å². The molecule has 0 aliphatic carbocycles. The molecule has 0 unspecified atom stereocenters. The van der Waals surface area contributed by atoms with E-state index in [1.54, 1.807) is 26.0 Å². The Bertz CT molecular complexity index is 845. The van der Waals surface area contributed by atoms with Crippen molar-refractivity contribution in [3.8, 4) is 0 Å². The SMILES string of the molecule is CCc1ccc(N(CC)S(=O)(=O)c2cc([N+](=O)[O-])ccc2C)cc1. The zero-order valence-corrected chi connectivity index (χ0v) is 14.7. The molecule has 0 aromatic heterocycles. The van der Waals surface area contributed by atoms with Crippen molar-refractivity contribution in [3.63, 3.8) is 0 Å². The predicted octanol–water partition coefficient (Wildman–Crippen LogP) is 3.68. The van der Waals surface area contributed by atoms with Gasteiger partial charge in [0.15, 0.2) is 0 Å². The Balaban J connectivity index is 2.54. The highest BCUT2D eigenvalue weighted by Crippen LogP contribution is 2.28. The molecule has 0 saturated carbocycles. The van der Waals surface area contributed by atoms with E-state index in [1.165, 1.54) is 16.4 Å². The summed E-state index contributed by atoms with van der Waals surface area (Å²) >= 11 is 0. The lowest BCUT2D eigenvalue weighted by atomic mass is 10.1. The summed E-state index contributed by atoms with van der Waals surface area (Å²) in [4.78, 5) is 10.3. The monoisotopic (exact) mass is 348 g/mol. The molecule has 0 bridgehead atoms. The molecule has 0 N–H and O–H groups in total. The molecule has 0 aliphatic heterocycles. The number of nitro groups is 1. The van der Waals surface area contributed by atoms with E-state index in [1.807, 2.05) is 19.1 Å². The number of benzene rings is 2. The second-order valence-corrected chi connectivity index (χ2v) is 7.23. The molecular weight excluding hydrogens is 328 g/mol. The predicted molar refractivity (Wildman–Crippen MR) is 93.9 cm³/mol. The van der Waals surface area contributed by atoms with Crippen LogP contribution in [0.4, 0.5) is 11.4 Å². The third-order valence-corrected chi connectivity index (χ3v) is 5.92. The van der Waals surface area contributed by atoms with Crippen LogP contribution >= 0.6 is 0 Å². The van der Waals surface area contributed by atoms with E-state index in [9.17, 15) is 18.5 Å². The molecule has 0 amide bonds.